The lowest BCUT2D eigenvalue weighted by molar-refractivity contribution is -0.384. The Balaban J connectivity index is 1.49. The maximum absolute atomic E-state index is 12.2. The van der Waals surface area contributed by atoms with E-state index in [1.54, 1.807) is 13.0 Å². The topological polar surface area (TPSA) is 93.9 Å². The van der Waals surface area contributed by atoms with Crippen LogP contribution in [0.4, 0.5) is 11.4 Å². The van der Waals surface area contributed by atoms with E-state index in [4.69, 9.17) is 9.47 Å². The first-order chi connectivity index (χ1) is 12.9. The molecule has 1 aliphatic rings. The Morgan fingerprint density at radius 2 is 2.00 bits per heavy atom. The lowest BCUT2D eigenvalue weighted by atomic mass is 10.1. The Morgan fingerprint density at radius 3 is 2.74 bits per heavy atom. The van der Waals surface area contributed by atoms with Crippen LogP contribution in [0.3, 0.4) is 0 Å². The van der Waals surface area contributed by atoms with Crippen LogP contribution in [0, 0.1) is 17.0 Å². The maximum Gasteiger partial charge on any atom is 0.269 e. The molecule has 0 saturated heterocycles. The highest BCUT2D eigenvalue weighted by molar-refractivity contribution is 5.91. The van der Waals surface area contributed by atoms with Gasteiger partial charge in [-0.25, -0.2) is 0 Å². The summed E-state index contributed by atoms with van der Waals surface area (Å²) in [5.41, 5.74) is 2.33. The van der Waals surface area contributed by atoms with E-state index in [-0.39, 0.29) is 18.4 Å². The molecule has 8 nitrogen and oxygen atoms in total. The molecule has 0 aliphatic carbocycles. The predicted octanol–water partition coefficient (Wildman–Crippen LogP) is 3.09. The molecule has 0 fully saturated rings. The van der Waals surface area contributed by atoms with Crippen molar-refractivity contribution < 1.29 is 19.2 Å². The van der Waals surface area contributed by atoms with Gasteiger partial charge in [0.15, 0.2) is 11.5 Å². The van der Waals surface area contributed by atoms with Crippen LogP contribution in [0.15, 0.2) is 36.4 Å². The number of nitrogens with one attached hydrogen (secondary N) is 1. The molecule has 1 N–H and O–H groups in total. The zero-order valence-electron chi connectivity index (χ0n) is 15.2. The number of nitrogens with zero attached hydrogens (tertiary/aromatic N) is 2. The minimum atomic E-state index is -0.455. The van der Waals surface area contributed by atoms with E-state index >= 15 is 0 Å². The van der Waals surface area contributed by atoms with Gasteiger partial charge in [-0.2, -0.15) is 0 Å². The summed E-state index contributed by atoms with van der Waals surface area (Å²) in [5, 5.41) is 13.6. The second-order valence-electron chi connectivity index (χ2n) is 6.48. The number of amides is 1. The minimum Gasteiger partial charge on any atom is -0.454 e. The Morgan fingerprint density at radius 1 is 1.22 bits per heavy atom. The van der Waals surface area contributed by atoms with Crippen molar-refractivity contribution >= 4 is 17.3 Å². The molecule has 0 aromatic heterocycles. The number of ether oxygens (including phenoxy) is 2. The van der Waals surface area contributed by atoms with Gasteiger partial charge in [0, 0.05) is 37.3 Å². The van der Waals surface area contributed by atoms with Crippen LogP contribution >= 0.6 is 0 Å². The van der Waals surface area contributed by atoms with Gasteiger partial charge >= 0.3 is 0 Å². The normalized spacial score (nSPS) is 12.3. The van der Waals surface area contributed by atoms with Gasteiger partial charge in [0.05, 0.1) is 4.92 Å². The van der Waals surface area contributed by atoms with Crippen LogP contribution in [0.5, 0.6) is 11.5 Å². The largest absolute Gasteiger partial charge is 0.454 e. The van der Waals surface area contributed by atoms with Gasteiger partial charge in [0.2, 0.25) is 12.7 Å². The number of nitro benzene ring substituents is 1. The summed E-state index contributed by atoms with van der Waals surface area (Å²) in [6.07, 6.45) is 0.317. The summed E-state index contributed by atoms with van der Waals surface area (Å²) in [7, 11) is 1.94. The molecular weight excluding hydrogens is 350 g/mol. The number of carbonyl (C=O) groups excluding carboxylic acids is 1. The average Bonchev–Trinajstić information content (AvgIpc) is 3.09. The molecule has 142 valence electrons. The average molecular weight is 371 g/mol. The second kappa shape index (κ2) is 8.05. The number of nitro groups is 1. The first-order valence-electron chi connectivity index (χ1n) is 8.54. The highest BCUT2D eigenvalue weighted by Gasteiger charge is 2.14. The van der Waals surface area contributed by atoms with E-state index in [0.29, 0.717) is 30.8 Å². The van der Waals surface area contributed by atoms with Gasteiger partial charge in [0.25, 0.3) is 5.69 Å². The third-order valence-corrected chi connectivity index (χ3v) is 4.30. The molecular formula is C19H21N3O5. The Kier molecular flexibility index (Phi) is 5.56. The van der Waals surface area contributed by atoms with E-state index in [0.717, 1.165) is 17.1 Å². The highest BCUT2D eigenvalue weighted by atomic mass is 16.7. The van der Waals surface area contributed by atoms with Gasteiger partial charge < -0.3 is 19.7 Å². The summed E-state index contributed by atoms with van der Waals surface area (Å²) in [4.78, 5) is 24.5. The molecule has 3 rings (SSSR count). The van der Waals surface area contributed by atoms with Crippen molar-refractivity contribution in [3.05, 3.63) is 57.6 Å². The van der Waals surface area contributed by atoms with Gasteiger partial charge in [-0.15, -0.1) is 0 Å². The Hall–Kier alpha value is -3.13. The zero-order chi connectivity index (χ0) is 19.4. The Bertz CT molecular complexity index is 868. The predicted molar refractivity (Wildman–Crippen MR) is 100.0 cm³/mol. The number of aryl methyl sites for hydroxylation is 1. The molecule has 0 unspecified atom stereocenters. The number of non-ortho nitro benzene ring substituents is 1. The SMILES string of the molecule is Cc1cc([N+](=O)[O-])ccc1NC(=O)CCN(C)Cc1ccc2c(c1)OCO2. The van der Waals surface area contributed by atoms with Crippen molar-refractivity contribution in [1.82, 2.24) is 4.90 Å². The Labute approximate surface area is 156 Å². The molecule has 1 amide bonds. The second-order valence-corrected chi connectivity index (χ2v) is 6.48. The quantitative estimate of drug-likeness (QED) is 0.594. The molecule has 8 heteroatoms. The minimum absolute atomic E-state index is 0.00829. The van der Waals surface area contributed by atoms with Crippen molar-refractivity contribution in [2.24, 2.45) is 0 Å². The molecule has 1 aliphatic heterocycles. The van der Waals surface area contributed by atoms with Crippen molar-refractivity contribution in [2.75, 3.05) is 25.7 Å². The molecule has 0 saturated carbocycles. The van der Waals surface area contributed by atoms with E-state index < -0.39 is 4.92 Å². The molecule has 0 spiro atoms. The zero-order valence-corrected chi connectivity index (χ0v) is 15.2. The van der Waals surface area contributed by atoms with Crippen LogP contribution in [-0.4, -0.2) is 36.1 Å². The van der Waals surface area contributed by atoms with Crippen LogP contribution < -0.4 is 14.8 Å². The summed E-state index contributed by atoms with van der Waals surface area (Å²) in [6.45, 7) is 3.23. The van der Waals surface area contributed by atoms with Gasteiger partial charge in [-0.3, -0.25) is 14.9 Å². The number of benzene rings is 2. The third kappa shape index (κ3) is 4.73. The maximum atomic E-state index is 12.2. The fraction of sp³-hybridized carbons (Fsp3) is 0.316. The number of hydrogen-bond acceptors (Lipinski definition) is 6. The first-order valence-corrected chi connectivity index (χ1v) is 8.54. The lowest BCUT2D eigenvalue weighted by Crippen LogP contribution is -2.24. The van der Waals surface area contributed by atoms with E-state index in [2.05, 4.69) is 5.32 Å². The van der Waals surface area contributed by atoms with Crippen molar-refractivity contribution in [2.45, 2.75) is 19.9 Å². The van der Waals surface area contributed by atoms with Gasteiger partial charge in [-0.05, 0) is 43.3 Å². The van der Waals surface area contributed by atoms with Crippen molar-refractivity contribution in [3.8, 4) is 11.5 Å². The van der Waals surface area contributed by atoms with Gasteiger partial charge in [-0.1, -0.05) is 6.07 Å². The van der Waals surface area contributed by atoms with Crippen LogP contribution in [-0.2, 0) is 11.3 Å². The first kappa shape index (κ1) is 18.7. The number of hydrogen-bond donors (Lipinski definition) is 1. The fourth-order valence-electron chi connectivity index (χ4n) is 2.84. The van der Waals surface area contributed by atoms with Crippen molar-refractivity contribution in [3.63, 3.8) is 0 Å². The smallest absolute Gasteiger partial charge is 0.269 e. The van der Waals surface area contributed by atoms with Gasteiger partial charge in [0.1, 0.15) is 0 Å². The van der Waals surface area contributed by atoms with E-state index in [1.165, 1.54) is 12.1 Å². The summed E-state index contributed by atoms with van der Waals surface area (Å²) >= 11 is 0. The molecule has 2 aromatic rings. The molecule has 0 atom stereocenters. The number of rotatable bonds is 7. The third-order valence-electron chi connectivity index (χ3n) is 4.30. The number of fused-ring (bicyclic) bond motifs is 1. The monoisotopic (exact) mass is 371 g/mol. The number of anilines is 1. The molecule has 0 radical (unpaired) electrons. The molecule has 0 bridgehead atoms. The summed E-state index contributed by atoms with van der Waals surface area (Å²) in [5.74, 6) is 1.36. The van der Waals surface area contributed by atoms with Crippen molar-refractivity contribution in [1.29, 1.82) is 0 Å². The fourth-order valence-corrected chi connectivity index (χ4v) is 2.84. The van der Waals surface area contributed by atoms with Crippen LogP contribution in [0.1, 0.15) is 17.5 Å². The number of carbonyl (C=O) groups is 1. The van der Waals surface area contributed by atoms with Crippen LogP contribution in [0.25, 0.3) is 0 Å². The molecule has 1 heterocycles. The highest BCUT2D eigenvalue weighted by Crippen LogP contribution is 2.32. The van der Waals surface area contributed by atoms with Crippen LogP contribution in [0.2, 0.25) is 0 Å². The van der Waals surface area contributed by atoms with E-state index in [1.807, 2.05) is 30.1 Å². The lowest BCUT2D eigenvalue weighted by Gasteiger charge is -2.17. The summed E-state index contributed by atoms with van der Waals surface area (Å²) < 4.78 is 10.7. The standard InChI is InChI=1S/C19H21N3O5/c1-13-9-15(22(24)25)4-5-16(13)20-19(23)7-8-21(2)11-14-3-6-17-18(10-14)27-12-26-17/h3-6,9-10H,7-8,11-12H2,1-2H3,(H,20,23). The summed E-state index contributed by atoms with van der Waals surface area (Å²) in [6, 6.07) is 10.2. The molecule has 2 aromatic carbocycles. The van der Waals surface area contributed by atoms with E-state index in [9.17, 15) is 14.9 Å². The molecule has 27 heavy (non-hydrogen) atoms.